The van der Waals surface area contributed by atoms with Crippen LogP contribution in [0.5, 0.6) is 0 Å². The van der Waals surface area contributed by atoms with E-state index in [-0.39, 0.29) is 12.6 Å². The molecule has 2 N–H and O–H groups in total. The molecule has 0 fully saturated rings. The summed E-state index contributed by atoms with van der Waals surface area (Å²) in [5.41, 5.74) is 2.11. The maximum absolute atomic E-state index is 9.36. The minimum atomic E-state index is 0.177. The smallest absolute Gasteiger partial charge is 0.137 e. The first-order valence-corrected chi connectivity index (χ1v) is 10.1. The predicted molar refractivity (Wildman–Crippen MR) is 116 cm³/mol. The van der Waals surface area contributed by atoms with Crippen molar-refractivity contribution in [1.82, 2.24) is 14.9 Å². The van der Waals surface area contributed by atoms with Crippen molar-refractivity contribution >= 4 is 28.3 Å². The number of fused-ring (bicyclic) bond motifs is 1. The highest BCUT2D eigenvalue weighted by Crippen LogP contribution is 2.23. The zero-order chi connectivity index (χ0) is 19.8. The lowest BCUT2D eigenvalue weighted by Crippen LogP contribution is -2.28. The number of nitrogens with one attached hydrogen (secondary N) is 1. The molecule has 6 heteroatoms. The Morgan fingerprint density at radius 3 is 2.71 bits per heavy atom. The van der Waals surface area contributed by atoms with Gasteiger partial charge in [-0.25, -0.2) is 9.97 Å². The Bertz CT molecular complexity index is 875. The van der Waals surface area contributed by atoms with E-state index in [0.717, 1.165) is 42.7 Å². The Balaban J connectivity index is 1.53. The minimum Gasteiger partial charge on any atom is -0.395 e. The van der Waals surface area contributed by atoms with Crippen LogP contribution in [0.4, 0.5) is 5.82 Å². The van der Waals surface area contributed by atoms with Gasteiger partial charge in [0.05, 0.1) is 12.1 Å². The highest BCUT2D eigenvalue weighted by atomic mass is 35.5. The first-order chi connectivity index (χ1) is 13.7. The zero-order valence-corrected chi connectivity index (χ0v) is 16.9. The van der Waals surface area contributed by atoms with Gasteiger partial charge < -0.3 is 10.4 Å². The molecule has 0 saturated heterocycles. The van der Waals surface area contributed by atoms with E-state index in [9.17, 15) is 5.11 Å². The molecule has 1 aromatic heterocycles. The quantitative estimate of drug-likeness (QED) is 0.531. The molecule has 0 radical (unpaired) electrons. The fraction of sp³-hybridized carbons (Fsp3) is 0.364. The van der Waals surface area contributed by atoms with Gasteiger partial charge in [-0.2, -0.15) is 0 Å². The van der Waals surface area contributed by atoms with Gasteiger partial charge in [-0.15, -0.1) is 0 Å². The Hall–Kier alpha value is -2.21. The summed E-state index contributed by atoms with van der Waals surface area (Å²) in [4.78, 5) is 11.0. The molecule has 3 aromatic rings. The van der Waals surface area contributed by atoms with E-state index < -0.39 is 0 Å². The lowest BCUT2D eigenvalue weighted by atomic mass is 10.1. The highest BCUT2D eigenvalue weighted by molar-refractivity contribution is 6.31. The van der Waals surface area contributed by atoms with Gasteiger partial charge in [0.25, 0.3) is 0 Å². The minimum absolute atomic E-state index is 0.177. The van der Waals surface area contributed by atoms with Crippen LogP contribution in [0.2, 0.25) is 5.02 Å². The number of aliphatic hydroxyl groups excluding tert-OH is 1. The van der Waals surface area contributed by atoms with E-state index in [2.05, 4.69) is 51.4 Å². The van der Waals surface area contributed by atoms with Crippen molar-refractivity contribution in [1.29, 1.82) is 0 Å². The molecule has 3 rings (SSSR count). The van der Waals surface area contributed by atoms with Gasteiger partial charge in [0.2, 0.25) is 0 Å². The topological polar surface area (TPSA) is 61.3 Å². The molecule has 28 heavy (non-hydrogen) atoms. The molecule has 0 aliphatic heterocycles. The lowest BCUT2D eigenvalue weighted by molar-refractivity contribution is 0.187. The third-order valence-electron chi connectivity index (χ3n) is 4.76. The average molecular weight is 399 g/mol. The Kier molecular flexibility index (Phi) is 7.60. The summed E-state index contributed by atoms with van der Waals surface area (Å²) in [6, 6.07) is 16.3. The summed E-state index contributed by atoms with van der Waals surface area (Å²) in [5, 5.41) is 14.5. The third-order valence-corrected chi connectivity index (χ3v) is 4.99. The van der Waals surface area contributed by atoms with Crippen LogP contribution >= 0.6 is 11.6 Å². The second kappa shape index (κ2) is 10.4. The summed E-state index contributed by atoms with van der Waals surface area (Å²) in [6.45, 7) is 4.84. The van der Waals surface area contributed by atoms with E-state index in [1.165, 1.54) is 5.56 Å². The Labute approximate surface area is 171 Å². The van der Waals surface area contributed by atoms with Crippen LogP contribution in [0.3, 0.4) is 0 Å². The van der Waals surface area contributed by atoms with Crippen molar-refractivity contribution in [2.45, 2.75) is 32.4 Å². The van der Waals surface area contributed by atoms with Crippen LogP contribution in [0.15, 0.2) is 54.9 Å². The average Bonchev–Trinajstić information content (AvgIpc) is 2.69. The van der Waals surface area contributed by atoms with Crippen molar-refractivity contribution in [2.75, 3.05) is 25.0 Å². The van der Waals surface area contributed by atoms with Gasteiger partial charge in [-0.3, -0.25) is 4.90 Å². The van der Waals surface area contributed by atoms with Crippen molar-refractivity contribution in [3.63, 3.8) is 0 Å². The van der Waals surface area contributed by atoms with E-state index in [1.54, 1.807) is 6.33 Å². The second-order valence-electron chi connectivity index (χ2n) is 7.06. The number of anilines is 1. The molecule has 1 heterocycles. The van der Waals surface area contributed by atoms with E-state index in [1.807, 2.05) is 24.3 Å². The van der Waals surface area contributed by atoms with Crippen LogP contribution in [0.1, 0.15) is 25.3 Å². The van der Waals surface area contributed by atoms with Crippen molar-refractivity contribution < 1.29 is 5.11 Å². The maximum atomic E-state index is 9.36. The monoisotopic (exact) mass is 398 g/mol. The number of hydrogen-bond donors (Lipinski definition) is 2. The number of aromatic nitrogens is 2. The van der Waals surface area contributed by atoms with Gasteiger partial charge in [-0.1, -0.05) is 41.9 Å². The summed E-state index contributed by atoms with van der Waals surface area (Å²) in [6.07, 6.45) is 3.61. The van der Waals surface area contributed by atoms with E-state index in [4.69, 9.17) is 11.6 Å². The first kappa shape index (κ1) is 20.5. The Morgan fingerprint density at radius 1 is 1.11 bits per heavy atom. The van der Waals surface area contributed by atoms with Gasteiger partial charge in [0, 0.05) is 29.5 Å². The van der Waals surface area contributed by atoms with Gasteiger partial charge in [0.1, 0.15) is 12.1 Å². The number of halogens is 1. The SMILES string of the molecule is CC(CCCN(CCO)Cc1ccccc1)Nc1ncnc2cc(Cl)ccc12. The molecule has 0 spiro atoms. The van der Waals surface area contributed by atoms with Crippen LogP contribution in [0.25, 0.3) is 10.9 Å². The van der Waals surface area contributed by atoms with Crippen molar-refractivity contribution in [3.05, 3.63) is 65.4 Å². The molecular weight excluding hydrogens is 372 g/mol. The molecule has 0 saturated carbocycles. The number of benzene rings is 2. The zero-order valence-electron chi connectivity index (χ0n) is 16.2. The molecule has 0 bridgehead atoms. The predicted octanol–water partition coefficient (Wildman–Crippen LogP) is 4.36. The number of hydrogen-bond acceptors (Lipinski definition) is 5. The summed E-state index contributed by atoms with van der Waals surface area (Å²) in [5.74, 6) is 0.839. The molecule has 1 atom stereocenters. The molecule has 2 aromatic carbocycles. The molecule has 0 aliphatic carbocycles. The number of nitrogens with zero attached hydrogens (tertiary/aromatic N) is 3. The highest BCUT2D eigenvalue weighted by Gasteiger charge is 2.10. The molecule has 0 aliphatic rings. The van der Waals surface area contributed by atoms with Crippen LogP contribution in [-0.4, -0.2) is 45.7 Å². The molecule has 1 unspecified atom stereocenters. The van der Waals surface area contributed by atoms with Crippen molar-refractivity contribution in [2.24, 2.45) is 0 Å². The second-order valence-corrected chi connectivity index (χ2v) is 7.49. The van der Waals surface area contributed by atoms with Crippen molar-refractivity contribution in [3.8, 4) is 0 Å². The normalized spacial score (nSPS) is 12.4. The summed E-state index contributed by atoms with van der Waals surface area (Å²) < 4.78 is 0. The molecule has 0 amide bonds. The molecular formula is C22H27ClN4O. The standard InChI is InChI=1S/C22H27ClN4O/c1-17(26-22-20-10-9-19(23)14-21(20)24-16-25-22)6-5-11-27(12-13-28)15-18-7-3-2-4-8-18/h2-4,7-10,14,16-17,28H,5-6,11-13,15H2,1H3,(H,24,25,26). The van der Waals surface area contributed by atoms with Crippen LogP contribution in [-0.2, 0) is 6.54 Å². The lowest BCUT2D eigenvalue weighted by Gasteiger charge is -2.23. The first-order valence-electron chi connectivity index (χ1n) is 9.69. The molecule has 148 valence electrons. The maximum Gasteiger partial charge on any atom is 0.137 e. The Morgan fingerprint density at radius 2 is 1.93 bits per heavy atom. The van der Waals surface area contributed by atoms with Crippen LogP contribution < -0.4 is 5.32 Å². The fourth-order valence-electron chi connectivity index (χ4n) is 3.32. The third kappa shape index (κ3) is 5.89. The number of rotatable bonds is 10. The van der Waals surface area contributed by atoms with E-state index >= 15 is 0 Å². The van der Waals surface area contributed by atoms with Gasteiger partial charge in [0.15, 0.2) is 0 Å². The largest absolute Gasteiger partial charge is 0.395 e. The van der Waals surface area contributed by atoms with Crippen LogP contribution in [0, 0.1) is 0 Å². The fourth-order valence-corrected chi connectivity index (χ4v) is 3.49. The van der Waals surface area contributed by atoms with Gasteiger partial charge >= 0.3 is 0 Å². The molecule has 5 nitrogen and oxygen atoms in total. The van der Waals surface area contributed by atoms with E-state index in [0.29, 0.717) is 11.6 Å². The number of aliphatic hydroxyl groups is 1. The summed E-state index contributed by atoms with van der Waals surface area (Å²) in [7, 11) is 0. The summed E-state index contributed by atoms with van der Waals surface area (Å²) >= 11 is 6.06. The van der Waals surface area contributed by atoms with Gasteiger partial charge in [-0.05, 0) is 50.1 Å².